The Labute approximate surface area is 172 Å². The lowest BCUT2D eigenvalue weighted by Gasteiger charge is -2.32. The molecule has 5 nitrogen and oxygen atoms in total. The summed E-state index contributed by atoms with van der Waals surface area (Å²) in [6.07, 6.45) is 18.9. The minimum atomic E-state index is 0.253. The van der Waals surface area contributed by atoms with Gasteiger partial charge in [-0.1, -0.05) is 58.3 Å². The van der Waals surface area contributed by atoms with Gasteiger partial charge in [-0.05, 0) is 56.9 Å². The second-order valence-corrected chi connectivity index (χ2v) is 9.21. The number of unbranched alkanes of at least 4 members (excludes halogenated alkanes) is 1. The Balaban J connectivity index is 1.90. The summed E-state index contributed by atoms with van der Waals surface area (Å²) in [5, 5.41) is 3.76. The molecule has 3 N–H and O–H groups in total. The van der Waals surface area contributed by atoms with Gasteiger partial charge in [-0.15, -0.1) is 0 Å². The van der Waals surface area contributed by atoms with Crippen molar-refractivity contribution in [3.63, 3.8) is 0 Å². The normalized spacial score (nSPS) is 25.4. The number of nitrogens with zero attached hydrogens (tertiary/aromatic N) is 2. The molecule has 0 aliphatic heterocycles. The molecule has 0 heterocycles. The molecular formula is C23H44N4O. The van der Waals surface area contributed by atoms with Crippen LogP contribution in [0.2, 0.25) is 0 Å². The number of hydrogen-bond donors (Lipinski definition) is 2. The van der Waals surface area contributed by atoms with Crippen LogP contribution in [0.25, 0.3) is 0 Å². The highest BCUT2D eigenvalue weighted by molar-refractivity contribution is 5.87. The fourth-order valence-electron chi connectivity index (χ4n) is 5.03. The first kappa shape index (κ1) is 23.2. The van der Waals surface area contributed by atoms with Crippen LogP contribution in [0.15, 0.2) is 4.99 Å². The lowest BCUT2D eigenvalue weighted by Crippen LogP contribution is -2.37. The van der Waals surface area contributed by atoms with E-state index in [4.69, 9.17) is 10.7 Å². The van der Waals surface area contributed by atoms with Crippen LogP contribution in [0, 0.1) is 11.8 Å². The largest absolute Gasteiger partial charge is 0.369 e. The van der Waals surface area contributed by atoms with E-state index in [9.17, 15) is 4.79 Å². The first-order valence-electron chi connectivity index (χ1n) is 11.9. The molecule has 0 saturated heterocycles. The van der Waals surface area contributed by atoms with Crippen molar-refractivity contribution in [2.45, 2.75) is 109 Å². The van der Waals surface area contributed by atoms with E-state index in [1.165, 1.54) is 81.9 Å². The standard InChI is InChI=1S/C23H44N4O/c1-3-4-15-25-21-12-8-11-20(16-21)17-22(26-23(24)27(2)18-28)14-13-19-9-6-5-7-10-19/h18-22,25H,3-17H2,1-2H3,(H2,24,26)/t20-,21+,22+/m0/s1. The Bertz CT molecular complexity index is 462. The van der Waals surface area contributed by atoms with E-state index in [1.807, 2.05) is 0 Å². The summed E-state index contributed by atoms with van der Waals surface area (Å²) in [4.78, 5) is 17.2. The van der Waals surface area contributed by atoms with Gasteiger partial charge < -0.3 is 11.1 Å². The number of amides is 1. The number of aliphatic imine (C=N–C) groups is 1. The smallest absolute Gasteiger partial charge is 0.216 e. The second-order valence-electron chi connectivity index (χ2n) is 9.21. The topological polar surface area (TPSA) is 70.7 Å². The molecule has 2 aliphatic carbocycles. The Morgan fingerprint density at radius 1 is 1.18 bits per heavy atom. The fraction of sp³-hybridized carbons (Fsp3) is 0.913. The summed E-state index contributed by atoms with van der Waals surface area (Å²) >= 11 is 0. The number of nitrogens with two attached hydrogens (primary N) is 1. The van der Waals surface area contributed by atoms with Gasteiger partial charge in [0, 0.05) is 13.1 Å². The number of carbonyl (C=O) groups is 1. The van der Waals surface area contributed by atoms with Crippen LogP contribution in [-0.4, -0.2) is 42.9 Å². The molecule has 0 bridgehead atoms. The summed E-state index contributed by atoms with van der Waals surface area (Å²) in [7, 11) is 1.69. The van der Waals surface area contributed by atoms with Crippen molar-refractivity contribution in [2.24, 2.45) is 22.6 Å². The number of hydrogen-bond acceptors (Lipinski definition) is 3. The van der Waals surface area contributed by atoms with Crippen LogP contribution in [-0.2, 0) is 4.79 Å². The molecule has 2 rings (SSSR count). The van der Waals surface area contributed by atoms with Gasteiger partial charge in [0.2, 0.25) is 6.41 Å². The van der Waals surface area contributed by atoms with Gasteiger partial charge in [0.15, 0.2) is 5.96 Å². The summed E-state index contributed by atoms with van der Waals surface area (Å²) in [5.41, 5.74) is 6.08. The third kappa shape index (κ3) is 8.50. The second kappa shape index (κ2) is 13.2. The van der Waals surface area contributed by atoms with Crippen LogP contribution in [0.5, 0.6) is 0 Å². The van der Waals surface area contributed by atoms with Crippen molar-refractivity contribution >= 4 is 12.4 Å². The quantitative estimate of drug-likeness (QED) is 0.236. The highest BCUT2D eigenvalue weighted by atomic mass is 16.1. The zero-order valence-electron chi connectivity index (χ0n) is 18.4. The van der Waals surface area contributed by atoms with E-state index in [2.05, 4.69) is 12.2 Å². The minimum absolute atomic E-state index is 0.253. The molecule has 0 aromatic heterocycles. The van der Waals surface area contributed by atoms with E-state index >= 15 is 0 Å². The van der Waals surface area contributed by atoms with Crippen molar-refractivity contribution < 1.29 is 4.79 Å². The van der Waals surface area contributed by atoms with Gasteiger partial charge in [0.05, 0.1) is 6.04 Å². The van der Waals surface area contributed by atoms with Crippen molar-refractivity contribution in [2.75, 3.05) is 13.6 Å². The molecule has 0 radical (unpaired) electrons. The van der Waals surface area contributed by atoms with Crippen LogP contribution in [0.1, 0.15) is 96.8 Å². The molecular weight excluding hydrogens is 348 g/mol. The number of nitrogens with one attached hydrogen (secondary N) is 1. The van der Waals surface area contributed by atoms with Crippen LogP contribution in [0.3, 0.4) is 0 Å². The fourth-order valence-corrected chi connectivity index (χ4v) is 5.03. The molecule has 28 heavy (non-hydrogen) atoms. The summed E-state index contributed by atoms with van der Waals surface area (Å²) in [5.74, 6) is 1.96. The monoisotopic (exact) mass is 392 g/mol. The van der Waals surface area contributed by atoms with Gasteiger partial charge in [-0.25, -0.2) is 4.99 Å². The molecule has 0 aromatic carbocycles. The van der Waals surface area contributed by atoms with E-state index in [0.717, 1.165) is 37.6 Å². The third-order valence-electron chi connectivity index (χ3n) is 6.82. The lowest BCUT2D eigenvalue weighted by atomic mass is 9.80. The summed E-state index contributed by atoms with van der Waals surface area (Å²) < 4.78 is 0. The van der Waals surface area contributed by atoms with Gasteiger partial charge in [0.1, 0.15) is 0 Å². The Kier molecular flexibility index (Phi) is 10.9. The van der Waals surface area contributed by atoms with E-state index in [-0.39, 0.29) is 6.04 Å². The molecule has 1 amide bonds. The molecule has 162 valence electrons. The van der Waals surface area contributed by atoms with Crippen LogP contribution in [0.4, 0.5) is 0 Å². The van der Waals surface area contributed by atoms with E-state index < -0.39 is 0 Å². The first-order chi connectivity index (χ1) is 13.6. The molecule has 0 unspecified atom stereocenters. The maximum Gasteiger partial charge on any atom is 0.216 e. The minimum Gasteiger partial charge on any atom is -0.369 e. The summed E-state index contributed by atoms with van der Waals surface area (Å²) in [6, 6.07) is 0.923. The molecule has 0 aromatic rings. The Hall–Kier alpha value is -1.10. The average Bonchev–Trinajstić information content (AvgIpc) is 2.72. The van der Waals surface area contributed by atoms with E-state index in [1.54, 1.807) is 7.05 Å². The Morgan fingerprint density at radius 2 is 1.93 bits per heavy atom. The number of carbonyl (C=O) groups excluding carboxylic acids is 1. The molecule has 0 spiro atoms. The predicted octanol–water partition coefficient (Wildman–Crippen LogP) is 4.46. The van der Waals surface area contributed by atoms with Gasteiger partial charge in [-0.3, -0.25) is 9.69 Å². The van der Waals surface area contributed by atoms with Gasteiger partial charge >= 0.3 is 0 Å². The first-order valence-corrected chi connectivity index (χ1v) is 11.9. The molecule has 5 heteroatoms. The van der Waals surface area contributed by atoms with Crippen molar-refractivity contribution in [1.82, 2.24) is 10.2 Å². The Morgan fingerprint density at radius 3 is 2.64 bits per heavy atom. The molecule has 2 aliphatic rings. The molecule has 3 atom stereocenters. The number of guanidine groups is 1. The predicted molar refractivity (Wildman–Crippen MR) is 118 cm³/mol. The van der Waals surface area contributed by atoms with Crippen LogP contribution >= 0.6 is 0 Å². The maximum atomic E-state index is 11.0. The highest BCUT2D eigenvalue weighted by Crippen LogP contribution is 2.32. The average molecular weight is 393 g/mol. The zero-order chi connectivity index (χ0) is 20.2. The van der Waals surface area contributed by atoms with Crippen molar-refractivity contribution in [3.8, 4) is 0 Å². The highest BCUT2D eigenvalue weighted by Gasteiger charge is 2.25. The van der Waals surface area contributed by atoms with Gasteiger partial charge in [0.25, 0.3) is 0 Å². The molecule has 2 fully saturated rings. The molecule has 2 saturated carbocycles. The van der Waals surface area contributed by atoms with E-state index in [0.29, 0.717) is 12.0 Å². The third-order valence-corrected chi connectivity index (χ3v) is 6.82. The number of rotatable bonds is 11. The van der Waals surface area contributed by atoms with Crippen molar-refractivity contribution in [3.05, 3.63) is 0 Å². The van der Waals surface area contributed by atoms with Crippen LogP contribution < -0.4 is 11.1 Å². The lowest BCUT2D eigenvalue weighted by molar-refractivity contribution is -0.114. The SMILES string of the molecule is CCCCN[C@@H]1CCC[C@H](C[C@@H](CCC2CCCCC2)N=C(N)N(C)C=O)C1. The van der Waals surface area contributed by atoms with Crippen molar-refractivity contribution in [1.29, 1.82) is 0 Å². The van der Waals surface area contributed by atoms with Gasteiger partial charge in [-0.2, -0.15) is 0 Å². The zero-order valence-corrected chi connectivity index (χ0v) is 18.4. The maximum absolute atomic E-state index is 11.0. The summed E-state index contributed by atoms with van der Waals surface area (Å²) in [6.45, 7) is 3.40.